The third kappa shape index (κ3) is 1.82. The first-order valence-corrected chi connectivity index (χ1v) is 3.25. The normalized spacial score (nSPS) is 16.1. The standard InChI is InChI=1S/C6H4BClO3/c8-4-1-2-6(9)5(3-4)7(10)11/h1,3,10-11H/p+1. The minimum atomic E-state index is -1.72. The molecule has 3 N–H and O–H groups in total. The van der Waals surface area contributed by atoms with Crippen molar-refractivity contribution in [1.29, 1.82) is 0 Å². The summed E-state index contributed by atoms with van der Waals surface area (Å²) in [5.41, 5.74) is -0.0440. The average molecular weight is 171 g/mol. The molecule has 0 saturated heterocycles. The lowest BCUT2D eigenvalue weighted by Gasteiger charge is -1.96. The van der Waals surface area contributed by atoms with Crippen LogP contribution < -0.4 is 0 Å². The van der Waals surface area contributed by atoms with Gasteiger partial charge in [-0.05, 0) is 0 Å². The molecule has 0 spiro atoms. The van der Waals surface area contributed by atoms with E-state index in [2.05, 4.69) is 6.08 Å². The summed E-state index contributed by atoms with van der Waals surface area (Å²) in [5.74, 6) is -0.301. The Bertz CT molecular complexity index is 255. The SMILES string of the molecule is OB(O)C1=C(O)[C+]=CC(Cl)=C1. The zero-order valence-corrected chi connectivity index (χ0v) is 6.21. The van der Waals surface area contributed by atoms with Gasteiger partial charge in [0.05, 0.1) is 12.2 Å². The molecule has 0 aromatic heterocycles. The first-order valence-electron chi connectivity index (χ1n) is 2.87. The highest BCUT2D eigenvalue weighted by atomic mass is 35.5. The molecule has 0 aliphatic heterocycles. The van der Waals surface area contributed by atoms with Crippen molar-refractivity contribution in [3.05, 3.63) is 34.5 Å². The predicted octanol–water partition coefficient (Wildman–Crippen LogP) is 0.306. The molecule has 0 saturated carbocycles. The summed E-state index contributed by atoms with van der Waals surface area (Å²) >= 11 is 5.50. The lowest BCUT2D eigenvalue weighted by molar-refractivity contribution is 0.399. The summed E-state index contributed by atoms with van der Waals surface area (Å²) in [6, 6.07) is 0. The van der Waals surface area contributed by atoms with E-state index in [1.165, 1.54) is 12.2 Å². The lowest BCUT2D eigenvalue weighted by Crippen LogP contribution is -2.17. The summed E-state index contributed by atoms with van der Waals surface area (Å²) in [6.45, 7) is 0. The van der Waals surface area contributed by atoms with Crippen LogP contribution in [0.25, 0.3) is 0 Å². The van der Waals surface area contributed by atoms with Crippen LogP contribution >= 0.6 is 11.6 Å². The van der Waals surface area contributed by atoms with Gasteiger partial charge in [0, 0.05) is 11.6 Å². The van der Waals surface area contributed by atoms with E-state index < -0.39 is 7.12 Å². The maximum Gasteiger partial charge on any atom is 0.574 e. The quantitative estimate of drug-likeness (QED) is 0.393. The molecular formula is C6H5BClO3+. The third-order valence-corrected chi connectivity index (χ3v) is 1.41. The molecule has 11 heavy (non-hydrogen) atoms. The van der Waals surface area contributed by atoms with Crippen LogP contribution in [0.5, 0.6) is 0 Å². The van der Waals surface area contributed by atoms with Crippen molar-refractivity contribution >= 4 is 18.7 Å². The van der Waals surface area contributed by atoms with Gasteiger partial charge < -0.3 is 15.2 Å². The van der Waals surface area contributed by atoms with E-state index >= 15 is 0 Å². The van der Waals surface area contributed by atoms with E-state index in [0.717, 1.165) is 0 Å². The van der Waals surface area contributed by atoms with Crippen LogP contribution in [-0.4, -0.2) is 22.3 Å². The van der Waals surface area contributed by atoms with Gasteiger partial charge in [0.15, 0.2) is 5.03 Å². The number of hydrogen-bond acceptors (Lipinski definition) is 3. The smallest absolute Gasteiger partial charge is 0.481 e. The van der Waals surface area contributed by atoms with Gasteiger partial charge in [-0.25, -0.2) is 0 Å². The maximum absolute atomic E-state index is 8.97. The zero-order valence-electron chi connectivity index (χ0n) is 5.45. The minimum Gasteiger partial charge on any atom is -0.481 e. The first kappa shape index (κ1) is 8.30. The molecule has 5 heteroatoms. The Kier molecular flexibility index (Phi) is 2.32. The second kappa shape index (κ2) is 3.07. The van der Waals surface area contributed by atoms with Gasteiger partial charge in [0.2, 0.25) is 0 Å². The van der Waals surface area contributed by atoms with Crippen molar-refractivity contribution in [2.24, 2.45) is 0 Å². The molecule has 0 fully saturated rings. The first-order chi connectivity index (χ1) is 5.11. The molecule has 0 atom stereocenters. The number of aliphatic hydroxyl groups is 1. The van der Waals surface area contributed by atoms with Crippen molar-refractivity contribution in [3.63, 3.8) is 0 Å². The molecule has 1 rings (SSSR count). The van der Waals surface area contributed by atoms with Gasteiger partial charge in [-0.1, -0.05) is 0 Å². The summed E-state index contributed by atoms with van der Waals surface area (Å²) < 4.78 is 0. The molecule has 0 amide bonds. The molecular weight excluding hydrogens is 166 g/mol. The topological polar surface area (TPSA) is 60.7 Å². The van der Waals surface area contributed by atoms with Gasteiger partial charge in [-0.3, -0.25) is 0 Å². The Labute approximate surface area is 69.1 Å². The van der Waals surface area contributed by atoms with Crippen molar-refractivity contribution < 1.29 is 15.2 Å². The van der Waals surface area contributed by atoms with Gasteiger partial charge in [0.25, 0.3) is 5.76 Å². The number of halogens is 1. The van der Waals surface area contributed by atoms with Crippen molar-refractivity contribution in [2.75, 3.05) is 0 Å². The minimum absolute atomic E-state index is 0.0440. The largest absolute Gasteiger partial charge is 0.574 e. The van der Waals surface area contributed by atoms with Crippen LogP contribution in [0.15, 0.2) is 28.4 Å². The van der Waals surface area contributed by atoms with Gasteiger partial charge in [-0.15, -0.1) is 0 Å². The Morgan fingerprint density at radius 1 is 1.45 bits per heavy atom. The van der Waals surface area contributed by atoms with Crippen LogP contribution in [0, 0.1) is 6.08 Å². The highest BCUT2D eigenvalue weighted by Crippen LogP contribution is 2.17. The Morgan fingerprint density at radius 3 is 2.55 bits per heavy atom. The predicted molar refractivity (Wildman–Crippen MR) is 41.6 cm³/mol. The van der Waals surface area contributed by atoms with Crippen molar-refractivity contribution in [3.8, 4) is 0 Å². The second-order valence-corrected chi connectivity index (χ2v) is 2.43. The third-order valence-electron chi connectivity index (χ3n) is 1.19. The number of rotatable bonds is 1. The summed E-state index contributed by atoms with van der Waals surface area (Å²) in [4.78, 5) is 0. The van der Waals surface area contributed by atoms with Crippen molar-refractivity contribution in [1.82, 2.24) is 0 Å². The fourth-order valence-electron chi connectivity index (χ4n) is 0.676. The van der Waals surface area contributed by atoms with E-state index in [1.807, 2.05) is 0 Å². The second-order valence-electron chi connectivity index (χ2n) is 2.00. The summed E-state index contributed by atoms with van der Waals surface area (Å²) in [7, 11) is -1.72. The highest BCUT2D eigenvalue weighted by molar-refractivity contribution is 6.52. The van der Waals surface area contributed by atoms with E-state index in [-0.39, 0.29) is 11.2 Å². The molecule has 0 radical (unpaired) electrons. The van der Waals surface area contributed by atoms with Gasteiger partial charge >= 0.3 is 7.12 Å². The number of allylic oxidation sites excluding steroid dienone is 5. The molecule has 0 bridgehead atoms. The van der Waals surface area contributed by atoms with Crippen LogP contribution in [0.1, 0.15) is 0 Å². The molecule has 0 heterocycles. The van der Waals surface area contributed by atoms with Crippen LogP contribution in [0.4, 0.5) is 0 Å². The van der Waals surface area contributed by atoms with Crippen molar-refractivity contribution in [2.45, 2.75) is 0 Å². The highest BCUT2D eigenvalue weighted by Gasteiger charge is 2.28. The average Bonchev–Trinajstić information content (AvgIpc) is 1.94. The van der Waals surface area contributed by atoms with Gasteiger partial charge in [0.1, 0.15) is 11.5 Å². The fourth-order valence-corrected chi connectivity index (χ4v) is 0.848. The lowest BCUT2D eigenvalue weighted by atomic mass is 9.77. The zero-order chi connectivity index (χ0) is 8.43. The summed E-state index contributed by atoms with van der Waals surface area (Å²) in [5, 5.41) is 26.6. The number of aliphatic hydroxyl groups excluding tert-OH is 1. The van der Waals surface area contributed by atoms with Crippen LogP contribution in [0.2, 0.25) is 0 Å². The Morgan fingerprint density at radius 2 is 2.09 bits per heavy atom. The Hall–Kier alpha value is -0.795. The fraction of sp³-hybridized carbons (Fsp3) is 0. The van der Waals surface area contributed by atoms with E-state index in [0.29, 0.717) is 5.03 Å². The molecule has 0 aromatic carbocycles. The molecule has 0 aromatic rings. The Balaban J connectivity index is 3.01. The monoisotopic (exact) mass is 171 g/mol. The van der Waals surface area contributed by atoms with Gasteiger partial charge in [-0.2, -0.15) is 0 Å². The molecule has 3 nitrogen and oxygen atoms in total. The number of hydrogen-bond donors (Lipinski definition) is 3. The molecule has 1 aliphatic carbocycles. The van der Waals surface area contributed by atoms with Crippen LogP contribution in [-0.2, 0) is 0 Å². The molecule has 56 valence electrons. The van der Waals surface area contributed by atoms with E-state index in [1.54, 1.807) is 0 Å². The van der Waals surface area contributed by atoms with Crippen LogP contribution in [0.3, 0.4) is 0 Å². The molecule has 1 aliphatic rings. The summed E-state index contributed by atoms with van der Waals surface area (Å²) in [6.07, 6.45) is 4.95. The maximum atomic E-state index is 8.97. The van der Waals surface area contributed by atoms with E-state index in [9.17, 15) is 0 Å². The van der Waals surface area contributed by atoms with E-state index in [4.69, 9.17) is 26.8 Å². The molecule has 0 unspecified atom stereocenters.